The topological polar surface area (TPSA) is 28.4 Å². The van der Waals surface area contributed by atoms with E-state index >= 15 is 0 Å². The summed E-state index contributed by atoms with van der Waals surface area (Å²) in [5.41, 5.74) is 0.728. The summed E-state index contributed by atoms with van der Waals surface area (Å²) in [6, 6.07) is 6.73. The smallest absolute Gasteiger partial charge is 0.124 e. The van der Waals surface area contributed by atoms with Crippen LogP contribution in [0.25, 0.3) is 10.9 Å². The zero-order valence-corrected chi connectivity index (χ0v) is 8.14. The van der Waals surface area contributed by atoms with Gasteiger partial charge in [-0.05, 0) is 32.2 Å². The number of hydrogen-bond donors (Lipinski definition) is 1. The Balaban J connectivity index is 2.23. The number of nitrogens with zero attached hydrogens (tertiary/aromatic N) is 2. The highest BCUT2D eigenvalue weighted by Gasteiger charge is 2.03. The summed E-state index contributed by atoms with van der Waals surface area (Å²) in [7, 11) is 0. The van der Waals surface area contributed by atoms with Crippen molar-refractivity contribution >= 4 is 10.9 Å². The molecule has 1 heterocycles. The van der Waals surface area contributed by atoms with Crippen LogP contribution >= 0.6 is 0 Å². The van der Waals surface area contributed by atoms with Gasteiger partial charge in [0.1, 0.15) is 5.75 Å². The lowest BCUT2D eigenvalue weighted by atomic mass is 10.2. The molecule has 0 aliphatic heterocycles. The van der Waals surface area contributed by atoms with Crippen molar-refractivity contribution in [2.45, 2.75) is 6.54 Å². The van der Waals surface area contributed by atoms with E-state index in [1.54, 1.807) is 35.0 Å². The van der Waals surface area contributed by atoms with Crippen molar-refractivity contribution in [2.24, 2.45) is 0 Å². The maximum absolute atomic E-state index is 9.72. The van der Waals surface area contributed by atoms with E-state index in [1.165, 1.54) is 0 Å². The van der Waals surface area contributed by atoms with E-state index in [1.807, 2.05) is 0 Å². The highest BCUT2D eigenvalue weighted by Crippen LogP contribution is 2.24. The van der Waals surface area contributed by atoms with Crippen molar-refractivity contribution in [1.82, 2.24) is 9.47 Å². The third-order valence-electron chi connectivity index (χ3n) is 2.36. The molecule has 2 aromatic rings. The van der Waals surface area contributed by atoms with E-state index in [4.69, 9.17) is 8.22 Å². The lowest BCUT2D eigenvalue weighted by molar-refractivity contribution is 0.387. The van der Waals surface area contributed by atoms with Gasteiger partial charge < -0.3 is 14.6 Å². The lowest BCUT2D eigenvalue weighted by Gasteiger charge is -2.11. The third-order valence-corrected chi connectivity index (χ3v) is 2.36. The molecule has 1 aromatic carbocycles. The van der Waals surface area contributed by atoms with E-state index in [9.17, 15) is 5.11 Å². The molecule has 0 saturated heterocycles. The van der Waals surface area contributed by atoms with Crippen LogP contribution in [0.5, 0.6) is 5.75 Å². The van der Waals surface area contributed by atoms with E-state index < -0.39 is 14.0 Å². The van der Waals surface area contributed by atoms with Crippen LogP contribution < -0.4 is 0 Å². The minimum Gasteiger partial charge on any atom is -0.507 e. The number of fused-ring (bicyclic) bond motifs is 1. The number of aromatic nitrogens is 1. The fourth-order valence-corrected chi connectivity index (χ4v) is 1.61. The maximum atomic E-state index is 9.72. The number of phenols is 1. The normalized spacial score (nSPS) is 19.0. The van der Waals surface area contributed by atoms with Gasteiger partial charge in [0, 0.05) is 32.9 Å². The fourth-order valence-electron chi connectivity index (χ4n) is 1.61. The zero-order chi connectivity index (χ0) is 15.8. The SMILES string of the molecule is [2H]C([2H])([2H])N(CCn1ccc2c(O)cccc21)C([2H])([2H])[2H]. The zero-order valence-electron chi connectivity index (χ0n) is 14.1. The predicted octanol–water partition coefficient (Wildman–Crippen LogP) is 1.91. The first kappa shape index (κ1) is 5.03. The molecule has 1 aromatic heterocycles. The van der Waals surface area contributed by atoms with Crippen LogP contribution in [0.1, 0.15) is 8.22 Å². The van der Waals surface area contributed by atoms with Crippen molar-refractivity contribution in [3.05, 3.63) is 30.5 Å². The summed E-state index contributed by atoms with van der Waals surface area (Å²) >= 11 is 0. The minimum atomic E-state index is -2.68. The minimum absolute atomic E-state index is 0.134. The first-order chi connectivity index (χ1) is 9.60. The van der Waals surface area contributed by atoms with Crippen LogP contribution in [-0.4, -0.2) is 35.1 Å². The standard InChI is InChI=1S/C12H16N2O/c1-13(2)8-9-14-7-6-10-11(14)4-3-5-12(10)15/h3-7,15H,8-9H2,1-2H3/i1D3,2D3. The summed E-state index contributed by atoms with van der Waals surface area (Å²) in [5.74, 6) is 0.134. The summed E-state index contributed by atoms with van der Waals surface area (Å²) in [6.45, 7) is -5.32. The van der Waals surface area contributed by atoms with Crippen LogP contribution in [0.15, 0.2) is 30.5 Å². The summed E-state index contributed by atoms with van der Waals surface area (Å²) in [4.78, 5) is 0.522. The summed E-state index contributed by atoms with van der Waals surface area (Å²) in [5, 5.41) is 10.4. The van der Waals surface area contributed by atoms with Gasteiger partial charge in [-0.3, -0.25) is 0 Å². The van der Waals surface area contributed by atoms with Gasteiger partial charge in [0.2, 0.25) is 0 Å². The Morgan fingerprint density at radius 2 is 2.27 bits per heavy atom. The summed E-state index contributed by atoms with van der Waals surface area (Å²) < 4.78 is 45.6. The molecule has 0 spiro atoms. The highest BCUT2D eigenvalue weighted by atomic mass is 16.3. The van der Waals surface area contributed by atoms with E-state index in [2.05, 4.69) is 0 Å². The van der Waals surface area contributed by atoms with Gasteiger partial charge in [-0.25, -0.2) is 0 Å². The second-order valence-corrected chi connectivity index (χ2v) is 3.37. The van der Waals surface area contributed by atoms with Gasteiger partial charge in [0.25, 0.3) is 0 Å². The van der Waals surface area contributed by atoms with Crippen LogP contribution in [0, 0.1) is 0 Å². The predicted molar refractivity (Wildman–Crippen MR) is 62.2 cm³/mol. The Kier molecular flexibility index (Phi) is 1.32. The first-order valence-electron chi connectivity index (χ1n) is 7.65. The number of phenolic OH excluding ortho intramolecular Hbond substituents is 1. The lowest BCUT2D eigenvalue weighted by Crippen LogP contribution is -2.17. The average Bonchev–Trinajstić information content (AvgIpc) is 2.71. The third kappa shape index (κ3) is 1.97. The molecule has 0 fully saturated rings. The molecular formula is C12H16N2O. The van der Waals surface area contributed by atoms with E-state index in [0.29, 0.717) is 10.3 Å². The molecule has 2 rings (SSSR count). The van der Waals surface area contributed by atoms with Crippen LogP contribution in [-0.2, 0) is 6.54 Å². The maximum Gasteiger partial charge on any atom is 0.124 e. The van der Waals surface area contributed by atoms with Gasteiger partial charge in [-0.1, -0.05) is 6.07 Å². The molecule has 0 saturated carbocycles. The Bertz CT molecular complexity index is 617. The number of likely N-dealkylation sites (N-methyl/N-ethyl adjacent to an activating group) is 1. The largest absolute Gasteiger partial charge is 0.507 e. The Hall–Kier alpha value is -1.48. The number of rotatable bonds is 3. The molecule has 0 aliphatic carbocycles. The monoisotopic (exact) mass is 210 g/mol. The van der Waals surface area contributed by atoms with Crippen molar-refractivity contribution in [3.63, 3.8) is 0 Å². The average molecular weight is 210 g/mol. The van der Waals surface area contributed by atoms with Crippen LogP contribution in [0.2, 0.25) is 0 Å². The molecule has 0 bridgehead atoms. The molecule has 0 unspecified atom stereocenters. The van der Waals surface area contributed by atoms with Crippen LogP contribution in [0.3, 0.4) is 0 Å². The highest BCUT2D eigenvalue weighted by molar-refractivity contribution is 5.86. The number of aromatic hydroxyl groups is 1. The van der Waals surface area contributed by atoms with Crippen molar-refractivity contribution in [1.29, 1.82) is 0 Å². The second kappa shape index (κ2) is 3.95. The molecule has 3 heteroatoms. The quantitative estimate of drug-likeness (QED) is 0.838. The second-order valence-electron chi connectivity index (χ2n) is 3.37. The molecule has 0 amide bonds. The Morgan fingerprint density at radius 1 is 1.40 bits per heavy atom. The summed E-state index contributed by atoms with van der Waals surface area (Å²) in [6.07, 6.45) is 1.70. The van der Waals surface area contributed by atoms with E-state index in [-0.39, 0.29) is 18.8 Å². The molecule has 15 heavy (non-hydrogen) atoms. The molecule has 80 valence electrons. The molecular weight excluding hydrogens is 188 g/mol. The molecule has 0 aliphatic rings. The van der Waals surface area contributed by atoms with E-state index in [0.717, 1.165) is 5.52 Å². The van der Waals surface area contributed by atoms with Gasteiger partial charge in [-0.2, -0.15) is 0 Å². The van der Waals surface area contributed by atoms with Gasteiger partial charge in [0.15, 0.2) is 0 Å². The van der Waals surface area contributed by atoms with Gasteiger partial charge >= 0.3 is 0 Å². The molecule has 1 N–H and O–H groups in total. The molecule has 0 atom stereocenters. The Morgan fingerprint density at radius 3 is 3.07 bits per heavy atom. The Labute approximate surface area is 98.0 Å². The van der Waals surface area contributed by atoms with Gasteiger partial charge in [-0.15, -0.1) is 0 Å². The van der Waals surface area contributed by atoms with Crippen molar-refractivity contribution in [2.75, 3.05) is 20.5 Å². The first-order valence-corrected chi connectivity index (χ1v) is 4.65. The van der Waals surface area contributed by atoms with Crippen molar-refractivity contribution in [3.8, 4) is 5.75 Å². The molecule has 0 radical (unpaired) electrons. The molecule has 3 nitrogen and oxygen atoms in total. The van der Waals surface area contributed by atoms with Crippen molar-refractivity contribution < 1.29 is 13.3 Å². The van der Waals surface area contributed by atoms with Gasteiger partial charge in [0.05, 0.1) is 5.52 Å². The number of benzene rings is 1. The van der Waals surface area contributed by atoms with Crippen LogP contribution in [0.4, 0.5) is 0 Å². The number of hydrogen-bond acceptors (Lipinski definition) is 2. The fraction of sp³-hybridized carbons (Fsp3) is 0.333.